The van der Waals surface area contributed by atoms with Crippen LogP contribution in [0.25, 0.3) is 0 Å². The van der Waals surface area contributed by atoms with Gasteiger partial charge >= 0.3 is 0 Å². The Kier molecular flexibility index (Phi) is 7.04. The molecule has 0 aliphatic carbocycles. The van der Waals surface area contributed by atoms with E-state index in [2.05, 4.69) is 30.9 Å². The Balaban J connectivity index is 2.31. The minimum Gasteiger partial charge on any atom is -0.381 e. The smallest absolute Gasteiger partial charge is 0.0509 e. The lowest BCUT2D eigenvalue weighted by Crippen LogP contribution is -2.46. The van der Waals surface area contributed by atoms with Gasteiger partial charge in [-0.05, 0) is 59.4 Å². The van der Waals surface area contributed by atoms with Crippen LogP contribution in [0.15, 0.2) is 0 Å². The fraction of sp³-hybridized carbons (Fsp3) is 1.00. The minimum atomic E-state index is 0.484. The third-order valence-electron chi connectivity index (χ3n) is 3.66. The third-order valence-corrected chi connectivity index (χ3v) is 3.66. The van der Waals surface area contributed by atoms with Crippen LogP contribution >= 0.6 is 0 Å². The van der Waals surface area contributed by atoms with Crippen LogP contribution in [-0.2, 0) is 4.74 Å². The number of nitrogens with zero attached hydrogens (tertiary/aromatic N) is 2. The summed E-state index contributed by atoms with van der Waals surface area (Å²) in [6, 6.07) is 0.484. The highest BCUT2D eigenvalue weighted by Gasteiger charge is 2.25. The van der Waals surface area contributed by atoms with E-state index in [4.69, 9.17) is 10.5 Å². The first-order chi connectivity index (χ1) is 8.15. The second-order valence-electron chi connectivity index (χ2n) is 5.42. The molecule has 4 heteroatoms. The molecule has 1 aliphatic rings. The van der Waals surface area contributed by atoms with Crippen molar-refractivity contribution in [3.8, 4) is 0 Å². The summed E-state index contributed by atoms with van der Waals surface area (Å²) in [6.45, 7) is 4.82. The Morgan fingerprint density at radius 3 is 2.59 bits per heavy atom. The van der Waals surface area contributed by atoms with E-state index in [1.165, 1.54) is 19.3 Å². The van der Waals surface area contributed by atoms with E-state index >= 15 is 0 Å². The summed E-state index contributed by atoms with van der Waals surface area (Å²) < 4.78 is 5.57. The van der Waals surface area contributed by atoms with Gasteiger partial charge in [0.2, 0.25) is 0 Å². The normalized spacial score (nSPS) is 23.3. The number of likely N-dealkylation sites (N-methyl/N-ethyl adjacent to an activating group) is 1. The summed E-state index contributed by atoms with van der Waals surface area (Å²) in [6.07, 6.45) is 3.65. The molecule has 1 saturated heterocycles. The molecule has 1 aliphatic heterocycles. The first-order valence-electron chi connectivity index (χ1n) is 6.78. The molecule has 0 bridgehead atoms. The van der Waals surface area contributed by atoms with Gasteiger partial charge in [-0.15, -0.1) is 0 Å². The molecule has 1 fully saturated rings. The predicted molar refractivity (Wildman–Crippen MR) is 72.2 cm³/mol. The van der Waals surface area contributed by atoms with Gasteiger partial charge in [-0.25, -0.2) is 0 Å². The molecule has 1 rings (SSSR count). The van der Waals surface area contributed by atoms with Gasteiger partial charge in [-0.2, -0.15) is 0 Å². The maximum absolute atomic E-state index is 5.93. The van der Waals surface area contributed by atoms with Crippen LogP contribution in [-0.4, -0.2) is 69.8 Å². The van der Waals surface area contributed by atoms with Crippen LogP contribution in [0.2, 0.25) is 0 Å². The van der Waals surface area contributed by atoms with Crippen molar-refractivity contribution in [1.29, 1.82) is 0 Å². The average Bonchev–Trinajstić information content (AvgIpc) is 2.31. The summed E-state index contributed by atoms with van der Waals surface area (Å²) in [7, 11) is 6.44. The van der Waals surface area contributed by atoms with Crippen molar-refractivity contribution in [3.05, 3.63) is 0 Å². The predicted octanol–water partition coefficient (Wildman–Crippen LogP) is 0.624. The van der Waals surface area contributed by atoms with Crippen molar-refractivity contribution < 1.29 is 4.74 Å². The molecular weight excluding hydrogens is 214 g/mol. The van der Waals surface area contributed by atoms with E-state index in [1.807, 2.05) is 0 Å². The second kappa shape index (κ2) is 8.03. The Morgan fingerprint density at radius 1 is 1.29 bits per heavy atom. The molecule has 0 aromatic carbocycles. The number of nitrogens with two attached hydrogens (primary N) is 1. The monoisotopic (exact) mass is 243 g/mol. The van der Waals surface area contributed by atoms with Crippen LogP contribution in [0.4, 0.5) is 0 Å². The van der Waals surface area contributed by atoms with Crippen LogP contribution in [0, 0.1) is 5.92 Å². The summed E-state index contributed by atoms with van der Waals surface area (Å²) in [5.41, 5.74) is 5.93. The van der Waals surface area contributed by atoms with Gasteiger partial charge in [0.25, 0.3) is 0 Å². The van der Waals surface area contributed by atoms with Gasteiger partial charge < -0.3 is 20.3 Å². The number of hydrogen-bond donors (Lipinski definition) is 1. The van der Waals surface area contributed by atoms with Crippen LogP contribution in [0.3, 0.4) is 0 Å². The summed E-state index contributed by atoms with van der Waals surface area (Å²) in [4.78, 5) is 4.65. The second-order valence-corrected chi connectivity index (χ2v) is 5.42. The minimum absolute atomic E-state index is 0.484. The Labute approximate surface area is 106 Å². The Morgan fingerprint density at radius 2 is 2.06 bits per heavy atom. The van der Waals surface area contributed by atoms with Gasteiger partial charge in [0.1, 0.15) is 0 Å². The van der Waals surface area contributed by atoms with Gasteiger partial charge in [0.05, 0.1) is 6.61 Å². The molecule has 1 heterocycles. The number of ether oxygens (including phenoxy) is 1. The molecule has 2 unspecified atom stereocenters. The first-order valence-corrected chi connectivity index (χ1v) is 6.78. The third kappa shape index (κ3) is 5.34. The maximum Gasteiger partial charge on any atom is 0.0509 e. The van der Waals surface area contributed by atoms with Crippen molar-refractivity contribution in [2.45, 2.75) is 25.3 Å². The van der Waals surface area contributed by atoms with Crippen molar-refractivity contribution in [3.63, 3.8) is 0 Å². The fourth-order valence-electron chi connectivity index (χ4n) is 2.60. The molecule has 17 heavy (non-hydrogen) atoms. The molecule has 0 aromatic heterocycles. The molecule has 0 amide bonds. The van der Waals surface area contributed by atoms with Gasteiger partial charge in [-0.3, -0.25) is 0 Å². The molecule has 0 spiro atoms. The van der Waals surface area contributed by atoms with Crippen molar-refractivity contribution in [1.82, 2.24) is 9.80 Å². The molecule has 0 radical (unpaired) electrons. The fourth-order valence-corrected chi connectivity index (χ4v) is 2.60. The lowest BCUT2D eigenvalue weighted by atomic mass is 9.92. The highest BCUT2D eigenvalue weighted by atomic mass is 16.5. The van der Waals surface area contributed by atoms with Crippen molar-refractivity contribution in [2.75, 3.05) is 54.0 Å². The maximum atomic E-state index is 5.93. The topological polar surface area (TPSA) is 41.7 Å². The summed E-state index contributed by atoms with van der Waals surface area (Å²) in [5.74, 6) is 0.623. The quantitative estimate of drug-likeness (QED) is 0.712. The zero-order valence-electron chi connectivity index (χ0n) is 11.7. The summed E-state index contributed by atoms with van der Waals surface area (Å²) >= 11 is 0. The van der Waals surface area contributed by atoms with Gasteiger partial charge in [0.15, 0.2) is 0 Å². The van der Waals surface area contributed by atoms with E-state index in [-0.39, 0.29) is 0 Å². The highest BCUT2D eigenvalue weighted by molar-refractivity contribution is 4.80. The van der Waals surface area contributed by atoms with Crippen LogP contribution < -0.4 is 5.73 Å². The number of hydrogen-bond acceptors (Lipinski definition) is 4. The van der Waals surface area contributed by atoms with Gasteiger partial charge in [-0.1, -0.05) is 0 Å². The number of rotatable bonds is 7. The van der Waals surface area contributed by atoms with E-state index in [0.29, 0.717) is 12.0 Å². The standard InChI is InChI=1S/C13H29N3O/c1-15(2)7-5-8-16(3)13(10-14)12-6-4-9-17-11-12/h12-13H,4-11,14H2,1-3H3. The Bertz CT molecular complexity index is 193. The van der Waals surface area contributed by atoms with Crippen LogP contribution in [0.5, 0.6) is 0 Å². The highest BCUT2D eigenvalue weighted by Crippen LogP contribution is 2.20. The zero-order valence-corrected chi connectivity index (χ0v) is 11.7. The zero-order chi connectivity index (χ0) is 12.7. The molecule has 0 saturated carbocycles. The average molecular weight is 243 g/mol. The molecular formula is C13H29N3O. The molecule has 0 aromatic rings. The van der Waals surface area contributed by atoms with E-state index in [0.717, 1.165) is 32.8 Å². The largest absolute Gasteiger partial charge is 0.381 e. The van der Waals surface area contributed by atoms with Gasteiger partial charge in [0, 0.05) is 19.2 Å². The lowest BCUT2D eigenvalue weighted by Gasteiger charge is -2.36. The van der Waals surface area contributed by atoms with E-state index in [9.17, 15) is 0 Å². The van der Waals surface area contributed by atoms with E-state index < -0.39 is 0 Å². The van der Waals surface area contributed by atoms with Crippen LogP contribution in [0.1, 0.15) is 19.3 Å². The van der Waals surface area contributed by atoms with Crippen molar-refractivity contribution >= 4 is 0 Å². The molecule has 2 atom stereocenters. The molecule has 4 nitrogen and oxygen atoms in total. The molecule has 2 N–H and O–H groups in total. The van der Waals surface area contributed by atoms with E-state index in [1.54, 1.807) is 0 Å². The Hall–Kier alpha value is -0.160. The SMILES string of the molecule is CN(C)CCCN(C)C(CN)C1CCCOC1. The molecule has 102 valence electrons. The summed E-state index contributed by atoms with van der Waals surface area (Å²) in [5, 5.41) is 0. The first kappa shape index (κ1) is 14.9. The lowest BCUT2D eigenvalue weighted by molar-refractivity contribution is 0.0168. The van der Waals surface area contributed by atoms with Crippen molar-refractivity contribution in [2.24, 2.45) is 11.7 Å².